The number of rotatable bonds is 7. The Bertz CT molecular complexity index is 862. The largest absolute Gasteiger partial charge is 0.465 e. The average molecular weight is 467 g/mol. The molecule has 0 unspecified atom stereocenters. The molecule has 4 aliphatic rings. The lowest BCUT2D eigenvalue weighted by atomic mass is 9.51. The molecule has 2 aliphatic heterocycles. The second-order valence-corrected chi connectivity index (χ2v) is 10.0. The number of fused-ring (bicyclic) bond motifs is 2. The van der Waals surface area contributed by atoms with Crippen LogP contribution in [0.5, 0.6) is 0 Å². The molecule has 2 saturated heterocycles. The molecule has 4 rings (SSSR count). The van der Waals surface area contributed by atoms with Crippen LogP contribution in [0.1, 0.15) is 60.3 Å². The minimum atomic E-state index is -1.11. The lowest BCUT2D eigenvalue weighted by molar-refractivity contribution is -0.241. The summed E-state index contributed by atoms with van der Waals surface area (Å²) in [7, 11) is 0. The van der Waals surface area contributed by atoms with Gasteiger partial charge in [-0.2, -0.15) is 0 Å². The van der Waals surface area contributed by atoms with Crippen molar-refractivity contribution in [3.8, 4) is 0 Å². The Morgan fingerprint density at radius 3 is 2.48 bits per heavy atom. The Morgan fingerprint density at radius 1 is 1.21 bits per heavy atom. The van der Waals surface area contributed by atoms with E-state index in [-0.39, 0.29) is 19.0 Å². The number of epoxide rings is 1. The molecule has 0 aromatic rings. The zero-order chi connectivity index (χ0) is 24.2. The maximum atomic E-state index is 12.5. The average Bonchev–Trinajstić information content (AvgIpc) is 3.53. The Hall–Kier alpha value is -1.97. The van der Waals surface area contributed by atoms with Crippen molar-refractivity contribution in [2.24, 2.45) is 10.8 Å². The molecule has 184 valence electrons. The van der Waals surface area contributed by atoms with Crippen molar-refractivity contribution in [1.82, 2.24) is 0 Å². The molecule has 9 heteroatoms. The molecular weight excluding hydrogens is 432 g/mol. The molecule has 3 fully saturated rings. The molecular formula is C24H34O9. The molecule has 0 aromatic carbocycles. The quantitative estimate of drug-likeness (QED) is 0.259. The molecule has 2 bridgehead atoms. The van der Waals surface area contributed by atoms with Gasteiger partial charge < -0.3 is 28.8 Å². The minimum Gasteiger partial charge on any atom is -0.465 e. The number of carbonyl (C=O) groups excluding carboxylic acids is 3. The van der Waals surface area contributed by atoms with E-state index in [4.69, 9.17) is 23.7 Å². The normalized spacial score (nSPS) is 42.8. The molecule has 8 atom stereocenters. The lowest BCUT2D eigenvalue weighted by Crippen LogP contribution is -2.68. The van der Waals surface area contributed by atoms with Crippen LogP contribution < -0.4 is 0 Å². The van der Waals surface area contributed by atoms with Gasteiger partial charge in [-0.25, -0.2) is 0 Å². The highest BCUT2D eigenvalue weighted by Crippen LogP contribution is 2.72. The number of aliphatic hydroxyl groups excluding tert-OH is 1. The second kappa shape index (κ2) is 8.36. The summed E-state index contributed by atoms with van der Waals surface area (Å²) in [6.45, 7) is 8.66. The Labute approximate surface area is 193 Å². The first kappa shape index (κ1) is 24.2. The molecule has 0 radical (unpaired) electrons. The van der Waals surface area contributed by atoms with Crippen molar-refractivity contribution < 1.29 is 43.2 Å². The van der Waals surface area contributed by atoms with E-state index < -0.39 is 58.9 Å². The van der Waals surface area contributed by atoms with Gasteiger partial charge in [-0.15, -0.1) is 0 Å². The van der Waals surface area contributed by atoms with Gasteiger partial charge in [-0.05, 0) is 18.9 Å². The number of hydrogen-bond acceptors (Lipinski definition) is 9. The summed E-state index contributed by atoms with van der Waals surface area (Å²) in [5, 5.41) is 11.2. The molecule has 1 spiro atoms. The first-order valence-corrected chi connectivity index (χ1v) is 11.7. The van der Waals surface area contributed by atoms with Gasteiger partial charge in [0.2, 0.25) is 0 Å². The SMILES string of the molecule is CCCCC(=O)O[C@H]1C[C@@]2(COC(C)=O)[C@@H](C=C1C)O[C@@H]1[C@H](O)[C@@H](OC(C)=O)[C@]2(C)[C@]12CO2. The number of ether oxygens (including phenoxy) is 5. The first-order chi connectivity index (χ1) is 15.5. The van der Waals surface area contributed by atoms with Crippen LogP contribution >= 0.6 is 0 Å². The summed E-state index contributed by atoms with van der Waals surface area (Å²) < 4.78 is 29.4. The van der Waals surface area contributed by atoms with E-state index in [1.54, 1.807) is 0 Å². The summed E-state index contributed by atoms with van der Waals surface area (Å²) in [4.78, 5) is 36.4. The zero-order valence-electron chi connectivity index (χ0n) is 19.9. The van der Waals surface area contributed by atoms with Gasteiger partial charge in [0.1, 0.15) is 36.6 Å². The lowest BCUT2D eigenvalue weighted by Gasteiger charge is -2.58. The molecule has 1 saturated carbocycles. The predicted octanol–water partition coefficient (Wildman–Crippen LogP) is 1.84. The summed E-state index contributed by atoms with van der Waals surface area (Å²) >= 11 is 0. The van der Waals surface area contributed by atoms with Crippen LogP contribution in [0.25, 0.3) is 0 Å². The van der Waals surface area contributed by atoms with Crippen LogP contribution in [-0.2, 0) is 38.1 Å². The van der Waals surface area contributed by atoms with Crippen LogP contribution in [0.4, 0.5) is 0 Å². The Kier molecular flexibility index (Phi) is 6.12. The van der Waals surface area contributed by atoms with Gasteiger partial charge in [0.15, 0.2) is 0 Å². The van der Waals surface area contributed by atoms with Crippen molar-refractivity contribution in [2.45, 2.75) is 96.4 Å². The number of aliphatic hydroxyl groups is 1. The van der Waals surface area contributed by atoms with Gasteiger partial charge in [0.05, 0.1) is 23.5 Å². The highest BCUT2D eigenvalue weighted by Gasteiger charge is 2.86. The molecule has 0 aromatic heterocycles. The molecule has 2 heterocycles. The molecule has 2 aliphatic carbocycles. The van der Waals surface area contributed by atoms with Gasteiger partial charge in [-0.3, -0.25) is 14.4 Å². The standard InChI is InChI=1S/C24H34O9/c1-6-7-8-18(27)32-16-10-23(11-29-14(3)25)17(9-13(16)2)33-21-19(28)20(31-15(4)26)22(23,5)24(21)12-30-24/h9,16-17,19-21,28H,6-8,10-12H2,1-5H3/t16-,17+,19+,20+,21+,22-,23+,24-/m0/s1. The van der Waals surface area contributed by atoms with Gasteiger partial charge in [-0.1, -0.05) is 26.3 Å². The Morgan fingerprint density at radius 2 is 1.91 bits per heavy atom. The third kappa shape index (κ3) is 3.51. The van der Waals surface area contributed by atoms with Crippen molar-refractivity contribution in [1.29, 1.82) is 0 Å². The molecule has 33 heavy (non-hydrogen) atoms. The molecule has 0 amide bonds. The fourth-order valence-corrected chi connectivity index (χ4v) is 6.26. The summed E-state index contributed by atoms with van der Waals surface area (Å²) in [6, 6.07) is 0. The number of unbranched alkanes of at least 4 members (excludes halogenated alkanes) is 1. The van der Waals surface area contributed by atoms with Crippen LogP contribution in [0, 0.1) is 10.8 Å². The van der Waals surface area contributed by atoms with E-state index in [1.165, 1.54) is 13.8 Å². The predicted molar refractivity (Wildman–Crippen MR) is 114 cm³/mol. The summed E-state index contributed by atoms with van der Waals surface area (Å²) in [5.74, 6) is -1.30. The highest BCUT2D eigenvalue weighted by molar-refractivity contribution is 5.70. The van der Waals surface area contributed by atoms with E-state index in [0.717, 1.165) is 18.4 Å². The van der Waals surface area contributed by atoms with Crippen LogP contribution in [0.2, 0.25) is 0 Å². The van der Waals surface area contributed by atoms with Crippen LogP contribution in [-0.4, -0.2) is 72.3 Å². The van der Waals surface area contributed by atoms with Crippen LogP contribution in [0.15, 0.2) is 11.6 Å². The number of carbonyl (C=O) groups is 3. The minimum absolute atomic E-state index is 0.0569. The van der Waals surface area contributed by atoms with Gasteiger partial charge >= 0.3 is 17.9 Å². The zero-order valence-corrected chi connectivity index (χ0v) is 19.9. The second-order valence-electron chi connectivity index (χ2n) is 10.0. The van der Waals surface area contributed by atoms with Crippen molar-refractivity contribution >= 4 is 17.9 Å². The fraction of sp³-hybridized carbons (Fsp3) is 0.792. The Balaban J connectivity index is 1.78. The van der Waals surface area contributed by atoms with E-state index in [2.05, 4.69) is 0 Å². The van der Waals surface area contributed by atoms with Crippen molar-refractivity contribution in [2.75, 3.05) is 13.2 Å². The summed E-state index contributed by atoms with van der Waals surface area (Å²) in [5.41, 5.74) is -1.98. The molecule has 1 N–H and O–H groups in total. The topological polar surface area (TPSA) is 121 Å². The maximum absolute atomic E-state index is 12.5. The fourth-order valence-electron chi connectivity index (χ4n) is 6.26. The van der Waals surface area contributed by atoms with Crippen molar-refractivity contribution in [3.63, 3.8) is 0 Å². The highest BCUT2D eigenvalue weighted by atomic mass is 16.7. The smallest absolute Gasteiger partial charge is 0.306 e. The van der Waals surface area contributed by atoms with Crippen molar-refractivity contribution in [3.05, 3.63) is 11.6 Å². The van der Waals surface area contributed by atoms with E-state index >= 15 is 0 Å². The number of hydrogen-bond donors (Lipinski definition) is 1. The third-order valence-electron chi connectivity index (χ3n) is 8.16. The van der Waals surface area contributed by atoms with Gasteiger partial charge in [0.25, 0.3) is 0 Å². The first-order valence-electron chi connectivity index (χ1n) is 11.7. The third-order valence-corrected chi connectivity index (χ3v) is 8.16. The molecule has 9 nitrogen and oxygen atoms in total. The maximum Gasteiger partial charge on any atom is 0.306 e. The van der Waals surface area contributed by atoms with E-state index in [1.807, 2.05) is 26.8 Å². The van der Waals surface area contributed by atoms with Gasteiger partial charge in [0, 0.05) is 26.7 Å². The summed E-state index contributed by atoms with van der Waals surface area (Å²) in [6.07, 6.45) is 0.225. The number of esters is 3. The monoisotopic (exact) mass is 466 g/mol. The van der Waals surface area contributed by atoms with E-state index in [9.17, 15) is 19.5 Å². The van der Waals surface area contributed by atoms with E-state index in [0.29, 0.717) is 13.0 Å². The van der Waals surface area contributed by atoms with Crippen LogP contribution in [0.3, 0.4) is 0 Å².